The Morgan fingerprint density at radius 2 is 1.23 bits per heavy atom. The van der Waals surface area contributed by atoms with Crippen LogP contribution in [0.2, 0.25) is 0 Å². The van der Waals surface area contributed by atoms with E-state index in [1.165, 1.54) is 35.0 Å². The van der Waals surface area contributed by atoms with E-state index in [0.717, 1.165) is 5.56 Å². The Balaban J connectivity index is 0.000000160. The van der Waals surface area contributed by atoms with E-state index in [1.54, 1.807) is 91.6 Å². The number of aromatic amines is 1. The Morgan fingerprint density at radius 1 is 0.702 bits per heavy atom. The maximum absolute atomic E-state index is 13.0. The van der Waals surface area contributed by atoms with Gasteiger partial charge in [0.25, 0.3) is 34.3 Å². The van der Waals surface area contributed by atoms with Gasteiger partial charge in [0.1, 0.15) is 11.1 Å². The summed E-state index contributed by atoms with van der Waals surface area (Å²) >= 11 is 0. The minimum atomic E-state index is -0.519. The zero-order valence-corrected chi connectivity index (χ0v) is 30.0. The molecule has 6 aromatic rings. The number of nitro benzene ring substituents is 2. The van der Waals surface area contributed by atoms with E-state index in [0.29, 0.717) is 53.7 Å². The largest absolute Gasteiger partial charge is 0.388 e. The summed E-state index contributed by atoms with van der Waals surface area (Å²) in [4.78, 5) is 79.7. The van der Waals surface area contributed by atoms with Gasteiger partial charge in [0.05, 0.1) is 22.0 Å². The predicted octanol–water partition coefficient (Wildman–Crippen LogP) is 5.54. The predicted molar refractivity (Wildman–Crippen MR) is 208 cm³/mol. The van der Waals surface area contributed by atoms with Gasteiger partial charge >= 0.3 is 0 Å². The maximum atomic E-state index is 13.0. The van der Waals surface area contributed by atoms with E-state index >= 15 is 0 Å². The number of pyridine rings is 4. The van der Waals surface area contributed by atoms with Crippen molar-refractivity contribution in [3.05, 3.63) is 196 Å². The van der Waals surface area contributed by atoms with Crippen LogP contribution >= 0.6 is 0 Å². The highest BCUT2D eigenvalue weighted by Crippen LogP contribution is 2.38. The van der Waals surface area contributed by atoms with Crippen molar-refractivity contribution in [2.75, 3.05) is 10.6 Å². The van der Waals surface area contributed by atoms with Gasteiger partial charge < -0.3 is 25.3 Å². The summed E-state index contributed by atoms with van der Waals surface area (Å²) in [6, 6.07) is 22.1. The van der Waals surface area contributed by atoms with Crippen molar-refractivity contribution in [3.8, 4) is 0 Å². The number of amides is 2. The number of H-pyrrole nitrogens is 1. The van der Waals surface area contributed by atoms with E-state index in [-0.39, 0.29) is 28.5 Å². The van der Waals surface area contributed by atoms with Crippen LogP contribution in [0.3, 0.4) is 0 Å². The van der Waals surface area contributed by atoms with E-state index in [9.17, 15) is 44.5 Å². The molecule has 0 saturated carbocycles. The van der Waals surface area contributed by atoms with Gasteiger partial charge in [-0.15, -0.1) is 0 Å². The number of rotatable bonds is 7. The summed E-state index contributed by atoms with van der Waals surface area (Å²) in [6.07, 6.45) is 11.1. The van der Waals surface area contributed by atoms with Gasteiger partial charge in [0.15, 0.2) is 0 Å². The van der Waals surface area contributed by atoms with Crippen molar-refractivity contribution >= 4 is 34.6 Å². The first kappa shape index (κ1) is 39.0. The average Bonchev–Trinajstić information content (AvgIpc) is 3.82. The normalized spacial score (nSPS) is 14.7. The van der Waals surface area contributed by atoms with Gasteiger partial charge in [-0.3, -0.25) is 49.4 Å². The molecule has 0 radical (unpaired) electrons. The molecule has 4 heterocycles. The van der Waals surface area contributed by atoms with Gasteiger partial charge in [-0.1, -0.05) is 24.3 Å². The summed E-state index contributed by atoms with van der Waals surface area (Å²) < 4.78 is 1.48. The molecule has 4 N–H and O–H groups in total. The number of anilines is 2. The highest BCUT2D eigenvalue weighted by atomic mass is 16.6. The quantitative estimate of drug-likeness (QED) is 0.116. The van der Waals surface area contributed by atoms with E-state index in [4.69, 9.17) is 0 Å². The third-order valence-electron chi connectivity index (χ3n) is 9.32. The molecule has 2 atom stereocenters. The van der Waals surface area contributed by atoms with Crippen LogP contribution in [0.1, 0.15) is 68.0 Å². The Labute approximate surface area is 323 Å². The monoisotopic (exact) mass is 770 g/mol. The minimum absolute atomic E-state index is 0.0122. The summed E-state index contributed by atoms with van der Waals surface area (Å²) in [7, 11) is 0. The third-order valence-corrected chi connectivity index (χ3v) is 9.32. The van der Waals surface area contributed by atoms with E-state index < -0.39 is 38.9 Å². The molecule has 57 heavy (non-hydrogen) atoms. The fourth-order valence-corrected chi connectivity index (χ4v) is 6.65. The molecule has 0 saturated heterocycles. The van der Waals surface area contributed by atoms with Gasteiger partial charge in [0.2, 0.25) is 0 Å². The summed E-state index contributed by atoms with van der Waals surface area (Å²) in [5.41, 5.74) is 3.41. The van der Waals surface area contributed by atoms with Crippen LogP contribution in [-0.4, -0.2) is 46.3 Å². The number of aromatic nitrogens is 4. The lowest BCUT2D eigenvalue weighted by Gasteiger charge is -2.16. The topological polar surface area (TPSA) is 245 Å². The van der Waals surface area contributed by atoms with E-state index in [2.05, 4.69) is 25.6 Å². The second-order valence-electron chi connectivity index (χ2n) is 12.7. The number of nitrogens with zero attached hydrogens (tertiary/aromatic N) is 5. The Kier molecular flexibility index (Phi) is 12.1. The number of hydrogen-bond acceptors (Lipinski definition) is 11. The smallest absolute Gasteiger partial charge is 0.272 e. The number of fused-ring (bicyclic) bond motifs is 2. The molecule has 17 nitrogen and oxygen atoms in total. The highest BCUT2D eigenvalue weighted by Gasteiger charge is 2.31. The van der Waals surface area contributed by atoms with Crippen LogP contribution in [0.15, 0.2) is 132 Å². The standard InChI is InChI=1S/C20H16N4O4.C11H9N3O2.C9H9NO3/c25-19(22-13-8-10-21-11-9-13)16-4-2-12-23(20(16)26)17-7-6-15-14(17)3-1-5-18(15)24(27)28;15-10-9(2-1-5-13-10)11(16)14-8-3-6-12-7-4-8;11-9-5-4-6-7(9)2-1-3-8(6)10(12)13/h1-5,8-12,17H,6-7H2,(H,21,22,25);1-7H,(H,13,15)(H,12,14,16);1-3,9,11H,4-5H2. The highest BCUT2D eigenvalue weighted by molar-refractivity contribution is 6.04. The van der Waals surface area contributed by atoms with Crippen molar-refractivity contribution in [3.63, 3.8) is 0 Å². The number of aliphatic hydroxyl groups is 1. The molecule has 0 aliphatic heterocycles. The molecule has 0 bridgehead atoms. The maximum Gasteiger partial charge on any atom is 0.272 e. The second-order valence-corrected chi connectivity index (χ2v) is 12.7. The Morgan fingerprint density at radius 3 is 1.81 bits per heavy atom. The van der Waals surface area contributed by atoms with Crippen molar-refractivity contribution in [1.82, 2.24) is 19.5 Å². The lowest BCUT2D eigenvalue weighted by molar-refractivity contribution is -0.385. The number of carbonyl (C=O) groups excluding carboxylic acids is 2. The molecule has 2 amide bonds. The molecule has 8 rings (SSSR count). The lowest BCUT2D eigenvalue weighted by atomic mass is 10.1. The molecular weight excluding hydrogens is 736 g/mol. The number of aliphatic hydroxyl groups excluding tert-OH is 1. The SMILES string of the molecule is O=C(Nc1ccncc1)c1ccc[nH]c1=O.O=C(Nc1ccncc1)c1cccn(C2CCc3c2cccc3[N+](=O)[O-])c1=O.O=[N+]([O-])c1cccc2c1CCC2O. The van der Waals surface area contributed by atoms with Crippen molar-refractivity contribution in [2.24, 2.45) is 0 Å². The Hall–Kier alpha value is -7.66. The van der Waals surface area contributed by atoms with Crippen molar-refractivity contribution in [1.29, 1.82) is 0 Å². The third kappa shape index (κ3) is 9.01. The van der Waals surface area contributed by atoms with Crippen molar-refractivity contribution in [2.45, 2.75) is 37.8 Å². The molecule has 288 valence electrons. The second kappa shape index (κ2) is 17.7. The number of nitrogens with one attached hydrogen (secondary N) is 3. The fraction of sp³-hybridized carbons (Fsp3) is 0.150. The Bertz CT molecular complexity index is 2560. The number of nitro groups is 2. The first-order valence-corrected chi connectivity index (χ1v) is 17.6. The van der Waals surface area contributed by atoms with Crippen molar-refractivity contribution < 1.29 is 24.5 Å². The first-order valence-electron chi connectivity index (χ1n) is 17.6. The molecule has 0 fully saturated rings. The van der Waals surface area contributed by atoms with Gasteiger partial charge in [-0.05, 0) is 85.3 Å². The first-order chi connectivity index (χ1) is 27.5. The van der Waals surface area contributed by atoms with Crippen LogP contribution in [0.4, 0.5) is 22.7 Å². The van der Waals surface area contributed by atoms with Crippen LogP contribution in [-0.2, 0) is 12.8 Å². The number of carbonyl (C=O) groups is 2. The molecule has 0 spiro atoms. The van der Waals surface area contributed by atoms with Crippen LogP contribution < -0.4 is 21.8 Å². The fourth-order valence-electron chi connectivity index (χ4n) is 6.65. The molecule has 2 unspecified atom stereocenters. The van der Waals surface area contributed by atoms with E-state index in [1.807, 2.05) is 0 Å². The minimum Gasteiger partial charge on any atom is -0.388 e. The zero-order chi connectivity index (χ0) is 40.5. The lowest BCUT2D eigenvalue weighted by Crippen LogP contribution is -2.31. The number of hydrogen-bond donors (Lipinski definition) is 4. The zero-order valence-electron chi connectivity index (χ0n) is 30.0. The summed E-state index contributed by atoms with van der Waals surface area (Å²) in [6.45, 7) is 0. The van der Waals surface area contributed by atoms with Crippen LogP contribution in [0.25, 0.3) is 0 Å². The molecule has 2 aliphatic carbocycles. The van der Waals surface area contributed by atoms with Crippen LogP contribution in [0.5, 0.6) is 0 Å². The molecule has 2 aliphatic rings. The van der Waals surface area contributed by atoms with Crippen LogP contribution in [0, 0.1) is 20.2 Å². The molecule has 17 heteroatoms. The van der Waals surface area contributed by atoms with Gasteiger partial charge in [-0.2, -0.15) is 0 Å². The van der Waals surface area contributed by atoms with Gasteiger partial charge in [0, 0.05) is 71.8 Å². The molecule has 4 aromatic heterocycles. The average molecular weight is 771 g/mol. The summed E-state index contributed by atoms with van der Waals surface area (Å²) in [5, 5.41) is 36.6. The molecule has 2 aromatic carbocycles. The molecular formula is C40H34N8O9. The van der Waals surface area contributed by atoms with Gasteiger partial charge in [-0.25, -0.2) is 0 Å². The summed E-state index contributed by atoms with van der Waals surface area (Å²) in [5.74, 6) is -0.948. The number of benzene rings is 2.